The Morgan fingerprint density at radius 1 is 1.21 bits per heavy atom. The van der Waals surface area contributed by atoms with E-state index in [0.717, 1.165) is 27.6 Å². The number of hydrogen-bond acceptors (Lipinski definition) is 3. The Bertz CT molecular complexity index is 703. The topological polar surface area (TPSA) is 42.7 Å². The Hall–Kier alpha value is -2.07. The van der Waals surface area contributed by atoms with Crippen molar-refractivity contribution in [2.75, 3.05) is 5.32 Å². The fourth-order valence-corrected chi connectivity index (χ4v) is 2.12. The summed E-state index contributed by atoms with van der Waals surface area (Å²) in [5.41, 5.74) is 3.02. The van der Waals surface area contributed by atoms with Crippen LogP contribution in [-0.2, 0) is 13.6 Å². The summed E-state index contributed by atoms with van der Waals surface area (Å²) in [4.78, 5) is 8.70. The van der Waals surface area contributed by atoms with Gasteiger partial charge < -0.3 is 9.88 Å². The highest BCUT2D eigenvalue weighted by molar-refractivity contribution is 6.30. The first-order chi connectivity index (χ1) is 9.24. The summed E-state index contributed by atoms with van der Waals surface area (Å²) in [7, 11) is 2.00. The third kappa shape index (κ3) is 2.39. The highest BCUT2D eigenvalue weighted by Gasteiger charge is 2.06. The summed E-state index contributed by atoms with van der Waals surface area (Å²) in [5.74, 6) is 0.970. The first kappa shape index (κ1) is 12.0. The summed E-state index contributed by atoms with van der Waals surface area (Å²) in [6.07, 6.45) is 3.58. The Balaban J connectivity index is 1.82. The molecule has 0 saturated carbocycles. The molecule has 0 saturated heterocycles. The standard InChI is InChI=1S/C14H13ClN4/c1-19-13-8-16-7-6-12(13)18-14(19)9-17-11-4-2-10(15)3-5-11/h2-8,17H,9H2,1H3. The predicted octanol–water partition coefficient (Wildman–Crippen LogP) is 3.23. The van der Waals surface area contributed by atoms with E-state index < -0.39 is 0 Å². The van der Waals surface area contributed by atoms with E-state index in [-0.39, 0.29) is 0 Å². The zero-order valence-electron chi connectivity index (χ0n) is 10.5. The highest BCUT2D eigenvalue weighted by Crippen LogP contribution is 2.16. The van der Waals surface area contributed by atoms with Crippen molar-refractivity contribution >= 4 is 28.3 Å². The second kappa shape index (κ2) is 4.90. The summed E-state index contributed by atoms with van der Waals surface area (Å²) in [5, 5.41) is 4.06. The molecule has 2 heterocycles. The van der Waals surface area contributed by atoms with Crippen LogP contribution in [0.4, 0.5) is 5.69 Å². The van der Waals surface area contributed by atoms with Gasteiger partial charge in [-0.1, -0.05) is 11.6 Å². The van der Waals surface area contributed by atoms with Gasteiger partial charge >= 0.3 is 0 Å². The van der Waals surface area contributed by atoms with Crippen LogP contribution in [-0.4, -0.2) is 14.5 Å². The third-order valence-electron chi connectivity index (χ3n) is 3.07. The lowest BCUT2D eigenvalue weighted by Gasteiger charge is -2.06. The number of benzene rings is 1. The number of rotatable bonds is 3. The number of halogens is 1. The normalized spacial score (nSPS) is 10.8. The number of aromatic nitrogens is 3. The van der Waals surface area contributed by atoms with Crippen LogP contribution in [0.5, 0.6) is 0 Å². The van der Waals surface area contributed by atoms with Crippen molar-refractivity contribution in [2.45, 2.75) is 6.54 Å². The predicted molar refractivity (Wildman–Crippen MR) is 77.3 cm³/mol. The quantitative estimate of drug-likeness (QED) is 0.796. The van der Waals surface area contributed by atoms with Gasteiger partial charge in [0.25, 0.3) is 0 Å². The van der Waals surface area contributed by atoms with E-state index in [0.29, 0.717) is 6.54 Å². The van der Waals surface area contributed by atoms with E-state index in [4.69, 9.17) is 11.6 Å². The molecule has 0 aliphatic rings. The molecule has 0 fully saturated rings. The average molecular weight is 273 g/mol. The molecule has 0 amide bonds. The van der Waals surface area contributed by atoms with E-state index >= 15 is 0 Å². The Morgan fingerprint density at radius 2 is 2.00 bits per heavy atom. The molecule has 4 nitrogen and oxygen atoms in total. The van der Waals surface area contributed by atoms with Gasteiger partial charge in [0.15, 0.2) is 0 Å². The van der Waals surface area contributed by atoms with Crippen LogP contribution in [0, 0.1) is 0 Å². The van der Waals surface area contributed by atoms with Gasteiger partial charge in [0, 0.05) is 24.0 Å². The van der Waals surface area contributed by atoms with Crippen molar-refractivity contribution in [1.82, 2.24) is 14.5 Å². The van der Waals surface area contributed by atoms with Crippen molar-refractivity contribution < 1.29 is 0 Å². The molecule has 1 N–H and O–H groups in total. The second-order valence-corrected chi connectivity index (χ2v) is 4.75. The van der Waals surface area contributed by atoms with Crippen molar-refractivity contribution in [3.63, 3.8) is 0 Å². The maximum absolute atomic E-state index is 5.86. The van der Waals surface area contributed by atoms with E-state index in [1.807, 2.05) is 48.1 Å². The molecule has 0 atom stereocenters. The van der Waals surface area contributed by atoms with Crippen LogP contribution in [0.25, 0.3) is 11.0 Å². The number of fused-ring (bicyclic) bond motifs is 1. The lowest BCUT2D eigenvalue weighted by atomic mass is 10.3. The van der Waals surface area contributed by atoms with Gasteiger partial charge in [0.2, 0.25) is 0 Å². The molecule has 3 rings (SSSR count). The summed E-state index contributed by atoms with van der Waals surface area (Å²) < 4.78 is 2.05. The van der Waals surface area contributed by atoms with E-state index in [9.17, 15) is 0 Å². The molecule has 19 heavy (non-hydrogen) atoms. The summed E-state index contributed by atoms with van der Waals surface area (Å²) in [6.45, 7) is 0.660. The van der Waals surface area contributed by atoms with Crippen LogP contribution in [0.1, 0.15) is 5.82 Å². The van der Waals surface area contributed by atoms with Crippen LogP contribution in [0.15, 0.2) is 42.7 Å². The first-order valence-electron chi connectivity index (χ1n) is 5.99. The minimum Gasteiger partial charge on any atom is -0.378 e. The van der Waals surface area contributed by atoms with Gasteiger partial charge in [-0.15, -0.1) is 0 Å². The third-order valence-corrected chi connectivity index (χ3v) is 3.32. The summed E-state index contributed by atoms with van der Waals surface area (Å²) >= 11 is 5.86. The summed E-state index contributed by atoms with van der Waals surface area (Å²) in [6, 6.07) is 9.55. The van der Waals surface area contributed by atoms with Gasteiger partial charge in [-0.05, 0) is 30.3 Å². The Labute approximate surface area is 116 Å². The van der Waals surface area contributed by atoms with Gasteiger partial charge in [-0.2, -0.15) is 0 Å². The average Bonchev–Trinajstić information content (AvgIpc) is 2.76. The van der Waals surface area contributed by atoms with Gasteiger partial charge in [0.1, 0.15) is 5.82 Å². The fourth-order valence-electron chi connectivity index (χ4n) is 1.99. The monoisotopic (exact) mass is 272 g/mol. The zero-order chi connectivity index (χ0) is 13.2. The highest BCUT2D eigenvalue weighted by atomic mass is 35.5. The number of pyridine rings is 1. The molecule has 0 unspecified atom stereocenters. The fraction of sp³-hybridized carbons (Fsp3) is 0.143. The molecule has 3 aromatic rings. The minimum absolute atomic E-state index is 0.660. The van der Waals surface area contributed by atoms with E-state index in [1.54, 1.807) is 6.20 Å². The van der Waals surface area contributed by atoms with E-state index in [2.05, 4.69) is 15.3 Å². The number of aryl methyl sites for hydroxylation is 1. The molecule has 0 spiro atoms. The zero-order valence-corrected chi connectivity index (χ0v) is 11.2. The Kier molecular flexibility index (Phi) is 3.09. The first-order valence-corrected chi connectivity index (χ1v) is 6.36. The second-order valence-electron chi connectivity index (χ2n) is 4.31. The van der Waals surface area contributed by atoms with Crippen molar-refractivity contribution in [1.29, 1.82) is 0 Å². The van der Waals surface area contributed by atoms with Crippen molar-refractivity contribution in [3.8, 4) is 0 Å². The molecule has 2 aromatic heterocycles. The molecule has 0 aliphatic carbocycles. The molecule has 1 aromatic carbocycles. The maximum Gasteiger partial charge on any atom is 0.129 e. The van der Waals surface area contributed by atoms with Crippen molar-refractivity contribution in [3.05, 3.63) is 53.6 Å². The van der Waals surface area contributed by atoms with E-state index in [1.165, 1.54) is 0 Å². The molecular formula is C14H13ClN4. The molecule has 5 heteroatoms. The number of hydrogen-bond donors (Lipinski definition) is 1. The Morgan fingerprint density at radius 3 is 2.74 bits per heavy atom. The number of anilines is 1. The number of imidazole rings is 1. The maximum atomic E-state index is 5.86. The molecule has 0 aliphatic heterocycles. The van der Waals surface area contributed by atoms with Crippen molar-refractivity contribution in [2.24, 2.45) is 7.05 Å². The molecule has 0 bridgehead atoms. The molecule has 96 valence electrons. The van der Waals surface area contributed by atoms with Crippen LogP contribution in [0.2, 0.25) is 5.02 Å². The van der Waals surface area contributed by atoms with Gasteiger partial charge in [-0.3, -0.25) is 4.98 Å². The lowest BCUT2D eigenvalue weighted by molar-refractivity contribution is 0.833. The number of nitrogens with one attached hydrogen (secondary N) is 1. The van der Waals surface area contributed by atoms with Gasteiger partial charge in [-0.25, -0.2) is 4.98 Å². The van der Waals surface area contributed by atoms with Crippen LogP contribution < -0.4 is 5.32 Å². The lowest BCUT2D eigenvalue weighted by Crippen LogP contribution is -2.05. The molecular weight excluding hydrogens is 260 g/mol. The minimum atomic E-state index is 0.660. The molecule has 0 radical (unpaired) electrons. The SMILES string of the molecule is Cn1c(CNc2ccc(Cl)cc2)nc2ccncc21. The van der Waals surface area contributed by atoms with Crippen LogP contribution >= 0.6 is 11.6 Å². The van der Waals surface area contributed by atoms with Crippen LogP contribution in [0.3, 0.4) is 0 Å². The van der Waals surface area contributed by atoms with Gasteiger partial charge in [0.05, 0.1) is 23.8 Å². The largest absolute Gasteiger partial charge is 0.378 e. The number of nitrogens with zero attached hydrogens (tertiary/aromatic N) is 3. The smallest absolute Gasteiger partial charge is 0.129 e.